The summed E-state index contributed by atoms with van der Waals surface area (Å²) < 4.78 is 0. The maximum atomic E-state index is 12.4. The third-order valence-corrected chi connectivity index (χ3v) is 3.04. The van der Waals surface area contributed by atoms with Crippen molar-refractivity contribution in [3.05, 3.63) is 70.8 Å². The van der Waals surface area contributed by atoms with Crippen molar-refractivity contribution in [3.8, 4) is 0 Å². The minimum Gasteiger partial charge on any atom is -0.392 e. The van der Waals surface area contributed by atoms with Crippen molar-refractivity contribution in [3.63, 3.8) is 0 Å². The van der Waals surface area contributed by atoms with Gasteiger partial charge < -0.3 is 5.11 Å². The molecular formula is C16H14O3. The molecule has 0 bridgehead atoms. The molecule has 3 heteroatoms. The summed E-state index contributed by atoms with van der Waals surface area (Å²) in [6, 6.07) is 6.75. The van der Waals surface area contributed by atoms with Crippen LogP contribution in [0.1, 0.15) is 27.6 Å². The second kappa shape index (κ2) is 5.16. The number of allylic oxidation sites excluding steroid dienone is 3. The van der Waals surface area contributed by atoms with Crippen LogP contribution < -0.4 is 0 Å². The molecule has 1 aromatic rings. The molecule has 2 rings (SSSR count). The van der Waals surface area contributed by atoms with Crippen molar-refractivity contribution in [2.75, 3.05) is 6.61 Å². The first kappa shape index (κ1) is 13.2. The Hall–Kier alpha value is -2.26. The van der Waals surface area contributed by atoms with E-state index in [9.17, 15) is 9.59 Å². The molecular weight excluding hydrogens is 240 g/mol. The molecule has 1 N–H and O–H groups in total. The van der Waals surface area contributed by atoms with Gasteiger partial charge >= 0.3 is 0 Å². The number of rotatable bonds is 2. The average molecular weight is 254 g/mol. The van der Waals surface area contributed by atoms with Gasteiger partial charge in [0.2, 0.25) is 0 Å². The van der Waals surface area contributed by atoms with Gasteiger partial charge in [-0.3, -0.25) is 9.59 Å². The van der Waals surface area contributed by atoms with Crippen molar-refractivity contribution in [2.24, 2.45) is 0 Å². The molecule has 0 amide bonds. The molecule has 0 aliphatic heterocycles. The molecule has 1 aliphatic carbocycles. The standard InChI is InChI=1S/C16H14O3/c1-3-11-14(8-10(2)9-17)16(19)13-7-5-4-6-12(13)15(11)18/h3-8,17H,2,9H2,1H3/b11-3+,14-8+. The van der Waals surface area contributed by atoms with Crippen molar-refractivity contribution >= 4 is 11.6 Å². The van der Waals surface area contributed by atoms with E-state index >= 15 is 0 Å². The van der Waals surface area contributed by atoms with Crippen molar-refractivity contribution < 1.29 is 14.7 Å². The largest absolute Gasteiger partial charge is 0.392 e. The molecule has 0 unspecified atom stereocenters. The quantitative estimate of drug-likeness (QED) is 0.825. The second-order valence-electron chi connectivity index (χ2n) is 4.28. The molecule has 3 nitrogen and oxygen atoms in total. The van der Waals surface area contributed by atoms with Gasteiger partial charge in [-0.2, -0.15) is 0 Å². The first-order valence-corrected chi connectivity index (χ1v) is 5.95. The lowest BCUT2D eigenvalue weighted by atomic mass is 9.81. The Labute approximate surface area is 111 Å². The highest BCUT2D eigenvalue weighted by Gasteiger charge is 2.31. The monoisotopic (exact) mass is 254 g/mol. The fourth-order valence-electron chi connectivity index (χ4n) is 2.09. The predicted molar refractivity (Wildman–Crippen MR) is 73.2 cm³/mol. The zero-order valence-electron chi connectivity index (χ0n) is 10.6. The topological polar surface area (TPSA) is 54.4 Å². The Morgan fingerprint density at radius 1 is 1.16 bits per heavy atom. The van der Waals surface area contributed by atoms with Crippen molar-refractivity contribution in [1.82, 2.24) is 0 Å². The fraction of sp³-hybridized carbons (Fsp3) is 0.125. The van der Waals surface area contributed by atoms with Gasteiger partial charge in [-0.05, 0) is 18.6 Å². The number of hydrogen-bond acceptors (Lipinski definition) is 3. The van der Waals surface area contributed by atoms with Crippen molar-refractivity contribution in [1.29, 1.82) is 0 Å². The molecule has 0 aromatic heterocycles. The minimum absolute atomic E-state index is 0.172. The number of Topliss-reactive ketones (excluding diaryl/α,β-unsaturated/α-hetero) is 2. The summed E-state index contributed by atoms with van der Waals surface area (Å²) in [4.78, 5) is 24.7. The van der Waals surface area contributed by atoms with Crippen LogP contribution in [0.4, 0.5) is 0 Å². The lowest BCUT2D eigenvalue weighted by molar-refractivity contribution is 0.0972. The summed E-state index contributed by atoms with van der Waals surface area (Å²) in [5.74, 6) is -0.382. The summed E-state index contributed by atoms with van der Waals surface area (Å²) in [7, 11) is 0. The lowest BCUT2D eigenvalue weighted by Crippen LogP contribution is -2.22. The summed E-state index contributed by atoms with van der Waals surface area (Å²) in [6.07, 6.45) is 3.10. The SMILES string of the molecule is C=C(/C=C1/C(=O)c2ccccc2C(=O)/C1=C/C)CO. The predicted octanol–water partition coefficient (Wildman–Crippen LogP) is 2.49. The van der Waals surface area contributed by atoms with Gasteiger partial charge in [0.25, 0.3) is 0 Å². The van der Waals surface area contributed by atoms with Gasteiger partial charge in [0.05, 0.1) is 6.61 Å². The average Bonchev–Trinajstić information content (AvgIpc) is 2.44. The first-order valence-electron chi connectivity index (χ1n) is 5.95. The number of benzene rings is 1. The minimum atomic E-state index is -0.246. The van der Waals surface area contributed by atoms with E-state index in [1.54, 1.807) is 37.3 Å². The Morgan fingerprint density at radius 2 is 1.68 bits per heavy atom. The molecule has 1 aliphatic rings. The molecule has 0 spiro atoms. The molecule has 0 saturated carbocycles. The zero-order chi connectivity index (χ0) is 14.0. The summed E-state index contributed by atoms with van der Waals surface area (Å²) in [5, 5.41) is 9.01. The van der Waals surface area contributed by atoms with Crippen molar-refractivity contribution in [2.45, 2.75) is 6.92 Å². The van der Waals surface area contributed by atoms with E-state index in [2.05, 4.69) is 6.58 Å². The molecule has 0 radical (unpaired) electrons. The number of hydrogen-bond donors (Lipinski definition) is 1. The Bertz CT molecular complexity index is 633. The van der Waals surface area contributed by atoms with Crippen LogP contribution in [-0.2, 0) is 0 Å². The molecule has 0 fully saturated rings. The smallest absolute Gasteiger partial charge is 0.194 e. The van der Waals surface area contributed by atoms with Gasteiger partial charge in [-0.15, -0.1) is 0 Å². The molecule has 0 saturated heterocycles. The zero-order valence-corrected chi connectivity index (χ0v) is 10.6. The highest BCUT2D eigenvalue weighted by atomic mass is 16.3. The Kier molecular flexibility index (Phi) is 3.58. The number of carbonyl (C=O) groups is 2. The van der Waals surface area contributed by atoms with Crippen LogP contribution in [0.15, 0.2) is 59.7 Å². The third-order valence-electron chi connectivity index (χ3n) is 3.04. The van der Waals surface area contributed by atoms with E-state index in [-0.39, 0.29) is 18.2 Å². The van der Waals surface area contributed by atoms with Gasteiger partial charge in [-0.25, -0.2) is 0 Å². The van der Waals surface area contributed by atoms with E-state index in [4.69, 9.17) is 5.11 Å². The Morgan fingerprint density at radius 3 is 2.16 bits per heavy atom. The third kappa shape index (κ3) is 2.20. The van der Waals surface area contributed by atoms with Crippen LogP contribution in [-0.4, -0.2) is 23.3 Å². The second-order valence-corrected chi connectivity index (χ2v) is 4.28. The van der Waals surface area contributed by atoms with E-state index in [0.717, 1.165) is 0 Å². The van der Waals surface area contributed by atoms with Crippen LogP contribution in [0.2, 0.25) is 0 Å². The first-order chi connectivity index (χ1) is 9.10. The maximum absolute atomic E-state index is 12.4. The lowest BCUT2D eigenvalue weighted by Gasteiger charge is -2.19. The molecule has 19 heavy (non-hydrogen) atoms. The molecule has 96 valence electrons. The number of carbonyl (C=O) groups excluding carboxylic acids is 2. The van der Waals surface area contributed by atoms with Crippen LogP contribution in [0, 0.1) is 0 Å². The van der Waals surface area contributed by atoms with Crippen LogP contribution in [0.3, 0.4) is 0 Å². The summed E-state index contributed by atoms with van der Waals surface area (Å²) >= 11 is 0. The van der Waals surface area contributed by atoms with Gasteiger partial charge in [0.15, 0.2) is 11.6 Å². The van der Waals surface area contributed by atoms with Crippen LogP contribution in [0.25, 0.3) is 0 Å². The van der Waals surface area contributed by atoms with Crippen LogP contribution >= 0.6 is 0 Å². The summed E-state index contributed by atoms with van der Waals surface area (Å²) in [6.45, 7) is 5.10. The van der Waals surface area contributed by atoms with E-state index < -0.39 is 0 Å². The molecule has 0 atom stereocenters. The Balaban J connectivity index is 2.66. The number of aliphatic hydroxyl groups is 1. The van der Waals surface area contributed by atoms with Gasteiger partial charge in [0.1, 0.15) is 0 Å². The number of fused-ring (bicyclic) bond motifs is 1. The highest BCUT2D eigenvalue weighted by Crippen LogP contribution is 2.29. The number of ketones is 2. The maximum Gasteiger partial charge on any atom is 0.194 e. The highest BCUT2D eigenvalue weighted by molar-refractivity contribution is 6.31. The van der Waals surface area contributed by atoms with E-state index in [1.807, 2.05) is 0 Å². The van der Waals surface area contributed by atoms with Gasteiger partial charge in [0, 0.05) is 22.3 Å². The number of aliphatic hydroxyl groups excluding tert-OH is 1. The molecule has 1 aromatic carbocycles. The van der Waals surface area contributed by atoms with E-state index in [1.165, 1.54) is 6.08 Å². The normalized spacial score (nSPS) is 18.8. The van der Waals surface area contributed by atoms with Gasteiger partial charge in [-0.1, -0.05) is 36.9 Å². The van der Waals surface area contributed by atoms with E-state index in [0.29, 0.717) is 27.8 Å². The fourth-order valence-corrected chi connectivity index (χ4v) is 2.09. The molecule has 0 heterocycles. The van der Waals surface area contributed by atoms with Crippen LogP contribution in [0.5, 0.6) is 0 Å². The summed E-state index contributed by atoms with van der Waals surface area (Å²) in [5.41, 5.74) is 1.88.